The van der Waals surface area contributed by atoms with Crippen molar-refractivity contribution in [1.29, 1.82) is 0 Å². The van der Waals surface area contributed by atoms with Gasteiger partial charge in [-0.3, -0.25) is 4.79 Å². The molecule has 2 nitrogen and oxygen atoms in total. The van der Waals surface area contributed by atoms with Gasteiger partial charge in [0, 0.05) is 17.8 Å². The molecular formula is C13H24BrNO. The fourth-order valence-electron chi connectivity index (χ4n) is 2.31. The van der Waals surface area contributed by atoms with Crippen LogP contribution in [0, 0.1) is 5.92 Å². The molecule has 0 saturated heterocycles. The highest BCUT2D eigenvalue weighted by molar-refractivity contribution is 9.09. The van der Waals surface area contributed by atoms with E-state index in [-0.39, 0.29) is 5.91 Å². The molecule has 94 valence electrons. The maximum atomic E-state index is 11.7. The van der Waals surface area contributed by atoms with Crippen LogP contribution in [0.25, 0.3) is 0 Å². The van der Waals surface area contributed by atoms with Crippen LogP contribution in [-0.2, 0) is 4.79 Å². The van der Waals surface area contributed by atoms with E-state index in [1.54, 1.807) is 0 Å². The summed E-state index contributed by atoms with van der Waals surface area (Å²) in [5, 5.41) is 3.01. The van der Waals surface area contributed by atoms with E-state index in [0.29, 0.717) is 10.7 Å². The normalized spacial score (nSPS) is 20.1. The molecular weight excluding hydrogens is 266 g/mol. The van der Waals surface area contributed by atoms with Crippen LogP contribution in [0.5, 0.6) is 0 Å². The number of halogens is 1. The summed E-state index contributed by atoms with van der Waals surface area (Å²) in [6.45, 7) is 2.91. The molecule has 3 heteroatoms. The fraction of sp³-hybridized carbons (Fsp3) is 0.923. The predicted octanol–water partition coefficient (Wildman–Crippen LogP) is 3.64. The molecule has 0 spiro atoms. The Morgan fingerprint density at radius 2 is 1.94 bits per heavy atom. The molecule has 0 aromatic carbocycles. The summed E-state index contributed by atoms with van der Waals surface area (Å²) in [7, 11) is 0. The van der Waals surface area contributed by atoms with E-state index in [4.69, 9.17) is 0 Å². The Bertz CT molecular complexity index is 198. The topological polar surface area (TPSA) is 29.1 Å². The van der Waals surface area contributed by atoms with Gasteiger partial charge in [-0.25, -0.2) is 0 Å². The molecule has 16 heavy (non-hydrogen) atoms. The minimum atomic E-state index is 0.250. The molecule has 1 aliphatic carbocycles. The molecule has 1 aliphatic rings. The maximum Gasteiger partial charge on any atom is 0.220 e. The first-order chi connectivity index (χ1) is 7.68. The summed E-state index contributed by atoms with van der Waals surface area (Å²) in [4.78, 5) is 12.2. The minimum Gasteiger partial charge on any atom is -0.356 e. The molecule has 0 heterocycles. The monoisotopic (exact) mass is 289 g/mol. The van der Waals surface area contributed by atoms with E-state index in [9.17, 15) is 4.79 Å². The smallest absolute Gasteiger partial charge is 0.220 e. The molecule has 0 bridgehead atoms. The van der Waals surface area contributed by atoms with Crippen molar-refractivity contribution in [3.05, 3.63) is 0 Å². The highest BCUT2D eigenvalue weighted by Crippen LogP contribution is 2.25. The van der Waals surface area contributed by atoms with Crippen LogP contribution in [-0.4, -0.2) is 17.3 Å². The zero-order chi connectivity index (χ0) is 11.8. The van der Waals surface area contributed by atoms with E-state index in [1.807, 2.05) is 0 Å². The van der Waals surface area contributed by atoms with Gasteiger partial charge in [0.05, 0.1) is 0 Å². The van der Waals surface area contributed by atoms with Crippen molar-refractivity contribution in [2.45, 2.75) is 63.1 Å². The van der Waals surface area contributed by atoms with E-state index in [0.717, 1.165) is 19.4 Å². The van der Waals surface area contributed by atoms with Crippen molar-refractivity contribution in [2.75, 3.05) is 6.54 Å². The number of alkyl halides is 1. The zero-order valence-corrected chi connectivity index (χ0v) is 11.9. The average molecular weight is 290 g/mol. The van der Waals surface area contributed by atoms with Crippen LogP contribution >= 0.6 is 15.9 Å². The van der Waals surface area contributed by atoms with Gasteiger partial charge >= 0.3 is 0 Å². The number of hydrogen-bond acceptors (Lipinski definition) is 1. The summed E-state index contributed by atoms with van der Waals surface area (Å²) in [5.74, 6) is 0.893. The summed E-state index contributed by atoms with van der Waals surface area (Å²) in [6, 6.07) is 0. The zero-order valence-electron chi connectivity index (χ0n) is 10.3. The van der Waals surface area contributed by atoms with Gasteiger partial charge in [0.2, 0.25) is 5.91 Å². The van der Waals surface area contributed by atoms with E-state index in [2.05, 4.69) is 28.2 Å². The van der Waals surface area contributed by atoms with Gasteiger partial charge in [-0.05, 0) is 25.2 Å². The Balaban J connectivity index is 2.12. The first-order valence-corrected chi connectivity index (χ1v) is 7.51. The van der Waals surface area contributed by atoms with Crippen LogP contribution in [0.4, 0.5) is 0 Å². The maximum absolute atomic E-state index is 11.7. The van der Waals surface area contributed by atoms with Crippen LogP contribution < -0.4 is 5.32 Å². The van der Waals surface area contributed by atoms with Gasteiger partial charge in [0.1, 0.15) is 0 Å². The van der Waals surface area contributed by atoms with Crippen molar-refractivity contribution in [3.63, 3.8) is 0 Å². The lowest BCUT2D eigenvalue weighted by Gasteiger charge is -2.13. The molecule has 0 aromatic rings. The molecule has 1 fully saturated rings. The lowest BCUT2D eigenvalue weighted by Crippen LogP contribution is -2.27. The van der Waals surface area contributed by atoms with Gasteiger partial charge in [-0.1, -0.05) is 48.5 Å². The van der Waals surface area contributed by atoms with Crippen molar-refractivity contribution in [1.82, 2.24) is 5.32 Å². The highest BCUT2D eigenvalue weighted by atomic mass is 79.9. The van der Waals surface area contributed by atoms with Crippen LogP contribution in [0.3, 0.4) is 0 Å². The van der Waals surface area contributed by atoms with E-state index < -0.39 is 0 Å². The molecule has 1 atom stereocenters. The quantitative estimate of drug-likeness (QED) is 0.608. The number of carbonyl (C=O) groups excluding carboxylic acids is 1. The van der Waals surface area contributed by atoms with Crippen molar-refractivity contribution < 1.29 is 4.79 Å². The van der Waals surface area contributed by atoms with Crippen LogP contribution in [0.2, 0.25) is 0 Å². The third-order valence-electron chi connectivity index (χ3n) is 3.31. The second-order valence-electron chi connectivity index (χ2n) is 4.98. The Hall–Kier alpha value is -0.0500. The van der Waals surface area contributed by atoms with Crippen LogP contribution in [0.1, 0.15) is 58.3 Å². The standard InChI is InChI=1S/C13H24BrNO/c1-11(14)8-9-15-13(16)10-12-6-4-2-3-5-7-12/h11-12H,2-10H2,1H3,(H,15,16). The Labute approximate surface area is 108 Å². The predicted molar refractivity (Wildman–Crippen MR) is 71.8 cm³/mol. The first kappa shape index (κ1) is 14.0. The molecule has 1 N–H and O–H groups in total. The molecule has 1 rings (SSSR count). The molecule has 1 unspecified atom stereocenters. The second kappa shape index (κ2) is 8.10. The van der Waals surface area contributed by atoms with Gasteiger partial charge in [0.25, 0.3) is 0 Å². The summed E-state index contributed by atoms with van der Waals surface area (Å²) < 4.78 is 0. The molecule has 0 aliphatic heterocycles. The molecule has 0 radical (unpaired) electrons. The Kier molecular flexibility index (Phi) is 7.10. The lowest BCUT2D eigenvalue weighted by atomic mass is 9.96. The van der Waals surface area contributed by atoms with E-state index in [1.165, 1.54) is 38.5 Å². The lowest BCUT2D eigenvalue weighted by molar-refractivity contribution is -0.122. The first-order valence-electron chi connectivity index (χ1n) is 6.59. The summed E-state index contributed by atoms with van der Waals surface area (Å²) >= 11 is 3.48. The number of hydrogen-bond donors (Lipinski definition) is 1. The number of carbonyl (C=O) groups is 1. The van der Waals surface area contributed by atoms with Crippen molar-refractivity contribution in [2.24, 2.45) is 5.92 Å². The number of amides is 1. The van der Waals surface area contributed by atoms with Gasteiger partial charge in [-0.2, -0.15) is 0 Å². The van der Waals surface area contributed by atoms with E-state index >= 15 is 0 Å². The average Bonchev–Trinajstić information content (AvgIpc) is 2.45. The van der Waals surface area contributed by atoms with Crippen molar-refractivity contribution >= 4 is 21.8 Å². The van der Waals surface area contributed by atoms with Crippen LogP contribution in [0.15, 0.2) is 0 Å². The van der Waals surface area contributed by atoms with Gasteiger partial charge in [0.15, 0.2) is 0 Å². The van der Waals surface area contributed by atoms with Crippen molar-refractivity contribution in [3.8, 4) is 0 Å². The molecule has 0 aromatic heterocycles. The minimum absolute atomic E-state index is 0.250. The number of nitrogens with one attached hydrogen (secondary N) is 1. The molecule has 1 amide bonds. The van der Waals surface area contributed by atoms with Gasteiger partial charge < -0.3 is 5.32 Å². The summed E-state index contributed by atoms with van der Waals surface area (Å²) in [6.07, 6.45) is 9.61. The third-order valence-corrected chi connectivity index (χ3v) is 3.77. The third kappa shape index (κ3) is 6.51. The SMILES string of the molecule is CC(Br)CCNC(=O)CC1CCCCCC1. The van der Waals surface area contributed by atoms with Gasteiger partial charge in [-0.15, -0.1) is 0 Å². The summed E-state index contributed by atoms with van der Waals surface area (Å²) in [5.41, 5.74) is 0. The largest absolute Gasteiger partial charge is 0.356 e. The molecule has 1 saturated carbocycles. The Morgan fingerprint density at radius 1 is 1.31 bits per heavy atom. The second-order valence-corrected chi connectivity index (χ2v) is 6.54. The fourth-order valence-corrected chi connectivity index (χ4v) is 2.54. The number of rotatable bonds is 5. The Morgan fingerprint density at radius 3 is 2.50 bits per heavy atom. The highest BCUT2D eigenvalue weighted by Gasteiger charge is 2.15.